The van der Waals surface area contributed by atoms with E-state index in [9.17, 15) is 18.8 Å². The molecule has 222 valence electrons. The highest BCUT2D eigenvalue weighted by atomic mass is 19.1. The minimum atomic E-state index is -0.668. The lowest BCUT2D eigenvalue weighted by Crippen LogP contribution is -2.51. The van der Waals surface area contributed by atoms with Gasteiger partial charge in [-0.2, -0.15) is 0 Å². The average Bonchev–Trinajstić information content (AvgIpc) is 3.81. The SMILES string of the molecule is CC(C)(C)OC(=O)N1CCC(N(C(=O)C2=CNC(c3ccc(C(=O)NCc4ccccn4)c(F)c3)=NC2)C2CC2)CC1. The molecule has 0 unspecified atom stereocenters. The van der Waals surface area contributed by atoms with Crippen LogP contribution in [0.2, 0.25) is 0 Å². The zero-order chi connectivity index (χ0) is 29.9. The fourth-order valence-electron chi connectivity index (χ4n) is 5.13. The summed E-state index contributed by atoms with van der Waals surface area (Å²) in [5.74, 6) is -0.837. The summed E-state index contributed by atoms with van der Waals surface area (Å²) in [5, 5.41) is 5.72. The van der Waals surface area contributed by atoms with Crippen molar-refractivity contribution in [3.63, 3.8) is 0 Å². The van der Waals surface area contributed by atoms with Crippen molar-refractivity contribution in [2.24, 2.45) is 4.99 Å². The van der Waals surface area contributed by atoms with Gasteiger partial charge in [0.25, 0.3) is 11.8 Å². The highest BCUT2D eigenvalue weighted by Gasteiger charge is 2.40. The molecule has 2 fully saturated rings. The predicted molar refractivity (Wildman–Crippen MR) is 155 cm³/mol. The molecule has 10 nitrogen and oxygen atoms in total. The highest BCUT2D eigenvalue weighted by Crippen LogP contribution is 2.33. The number of carbonyl (C=O) groups is 3. The Morgan fingerprint density at radius 3 is 2.43 bits per heavy atom. The monoisotopic (exact) mass is 576 g/mol. The molecule has 0 radical (unpaired) electrons. The van der Waals surface area contributed by atoms with Crippen LogP contribution in [0.5, 0.6) is 0 Å². The van der Waals surface area contributed by atoms with E-state index in [0.717, 1.165) is 12.8 Å². The van der Waals surface area contributed by atoms with Crippen LogP contribution in [0, 0.1) is 5.82 Å². The van der Waals surface area contributed by atoms with Gasteiger partial charge < -0.3 is 25.2 Å². The van der Waals surface area contributed by atoms with Crippen molar-refractivity contribution >= 4 is 23.7 Å². The molecule has 2 N–H and O–H groups in total. The number of amidine groups is 1. The molecule has 1 aromatic heterocycles. The zero-order valence-electron chi connectivity index (χ0n) is 24.2. The van der Waals surface area contributed by atoms with Crippen LogP contribution in [0.15, 0.2) is 59.4 Å². The number of nitrogens with one attached hydrogen (secondary N) is 2. The van der Waals surface area contributed by atoms with E-state index in [1.807, 2.05) is 31.7 Å². The van der Waals surface area contributed by atoms with E-state index >= 15 is 0 Å². The van der Waals surface area contributed by atoms with Crippen LogP contribution in [-0.4, -0.2) is 75.8 Å². The van der Waals surface area contributed by atoms with Crippen LogP contribution in [0.1, 0.15) is 68.1 Å². The van der Waals surface area contributed by atoms with E-state index in [1.54, 1.807) is 35.5 Å². The van der Waals surface area contributed by atoms with E-state index in [4.69, 9.17) is 4.74 Å². The van der Waals surface area contributed by atoms with Crippen molar-refractivity contribution in [3.8, 4) is 0 Å². The van der Waals surface area contributed by atoms with Gasteiger partial charge in [-0.25, -0.2) is 9.18 Å². The van der Waals surface area contributed by atoms with Gasteiger partial charge in [0.05, 0.1) is 29.9 Å². The average molecular weight is 577 g/mol. The molecule has 42 heavy (non-hydrogen) atoms. The molecule has 11 heteroatoms. The summed E-state index contributed by atoms with van der Waals surface area (Å²) >= 11 is 0. The molecular weight excluding hydrogens is 539 g/mol. The van der Waals surface area contributed by atoms with E-state index in [1.165, 1.54) is 12.1 Å². The van der Waals surface area contributed by atoms with E-state index in [-0.39, 0.29) is 42.7 Å². The summed E-state index contributed by atoms with van der Waals surface area (Å²) in [6, 6.07) is 9.92. The maximum Gasteiger partial charge on any atom is 0.410 e. The molecule has 3 aliphatic rings. The fraction of sp³-hybridized carbons (Fsp3) is 0.452. The van der Waals surface area contributed by atoms with Crippen LogP contribution >= 0.6 is 0 Å². The number of carbonyl (C=O) groups excluding carboxylic acids is 3. The first-order valence-electron chi connectivity index (χ1n) is 14.4. The summed E-state index contributed by atoms with van der Waals surface area (Å²) in [6.07, 6.45) is 6.27. The van der Waals surface area contributed by atoms with Gasteiger partial charge in [0.2, 0.25) is 0 Å². The minimum absolute atomic E-state index is 0.0421. The summed E-state index contributed by atoms with van der Waals surface area (Å²) in [5.41, 5.74) is 1.06. The summed E-state index contributed by atoms with van der Waals surface area (Å²) in [7, 11) is 0. The Balaban J connectivity index is 1.17. The number of ether oxygens (including phenoxy) is 1. The summed E-state index contributed by atoms with van der Waals surface area (Å²) in [4.78, 5) is 50.9. The number of rotatable bonds is 7. The number of nitrogens with zero attached hydrogens (tertiary/aromatic N) is 4. The second-order valence-electron chi connectivity index (χ2n) is 11.8. The lowest BCUT2D eigenvalue weighted by Gasteiger charge is -2.39. The lowest BCUT2D eigenvalue weighted by molar-refractivity contribution is -0.131. The largest absolute Gasteiger partial charge is 0.444 e. The van der Waals surface area contributed by atoms with Crippen molar-refractivity contribution in [1.82, 2.24) is 25.4 Å². The smallest absolute Gasteiger partial charge is 0.410 e. The zero-order valence-corrected chi connectivity index (χ0v) is 24.2. The molecule has 1 aromatic carbocycles. The molecule has 2 aromatic rings. The topological polar surface area (TPSA) is 116 Å². The van der Waals surface area contributed by atoms with Crippen molar-refractivity contribution in [2.45, 2.75) is 70.7 Å². The number of aliphatic imine (C=N–C) groups is 1. The van der Waals surface area contributed by atoms with Crippen LogP contribution in [0.25, 0.3) is 0 Å². The molecule has 1 aliphatic carbocycles. The first kappa shape index (κ1) is 29.2. The highest BCUT2D eigenvalue weighted by molar-refractivity contribution is 6.04. The Labute approximate surface area is 245 Å². The second kappa shape index (κ2) is 12.3. The van der Waals surface area contributed by atoms with E-state index < -0.39 is 17.3 Å². The molecule has 3 amide bonds. The van der Waals surface area contributed by atoms with Crippen molar-refractivity contribution in [2.75, 3.05) is 19.6 Å². The quantitative estimate of drug-likeness (QED) is 0.519. The van der Waals surface area contributed by atoms with Crippen molar-refractivity contribution in [3.05, 3.63) is 77.0 Å². The van der Waals surface area contributed by atoms with Crippen molar-refractivity contribution < 1.29 is 23.5 Å². The van der Waals surface area contributed by atoms with Gasteiger partial charge in [-0.1, -0.05) is 12.1 Å². The predicted octanol–water partition coefficient (Wildman–Crippen LogP) is 3.77. The molecule has 5 rings (SSSR count). The number of halogens is 1. The van der Waals surface area contributed by atoms with Crippen LogP contribution in [0.4, 0.5) is 9.18 Å². The number of piperidine rings is 1. The molecular formula is C31H37FN6O4. The first-order chi connectivity index (χ1) is 20.1. The third-order valence-electron chi connectivity index (χ3n) is 7.39. The Morgan fingerprint density at radius 2 is 1.83 bits per heavy atom. The number of aromatic nitrogens is 1. The van der Waals surface area contributed by atoms with Crippen LogP contribution in [0.3, 0.4) is 0 Å². The Bertz CT molecular complexity index is 1390. The van der Waals surface area contributed by atoms with Gasteiger partial charge in [0.1, 0.15) is 17.3 Å². The van der Waals surface area contributed by atoms with Gasteiger partial charge >= 0.3 is 6.09 Å². The second-order valence-corrected chi connectivity index (χ2v) is 11.8. The minimum Gasteiger partial charge on any atom is -0.444 e. The normalized spacial score (nSPS) is 17.5. The summed E-state index contributed by atoms with van der Waals surface area (Å²) in [6.45, 7) is 6.98. The van der Waals surface area contributed by atoms with Gasteiger partial charge in [0, 0.05) is 43.1 Å². The fourth-order valence-corrected chi connectivity index (χ4v) is 5.13. The van der Waals surface area contributed by atoms with Crippen LogP contribution in [-0.2, 0) is 16.1 Å². The van der Waals surface area contributed by atoms with E-state index in [2.05, 4.69) is 20.6 Å². The van der Waals surface area contributed by atoms with Gasteiger partial charge in [-0.15, -0.1) is 0 Å². The first-order valence-corrected chi connectivity index (χ1v) is 14.4. The lowest BCUT2D eigenvalue weighted by atomic mass is 10.0. The number of hydrogen-bond donors (Lipinski definition) is 2. The number of likely N-dealkylation sites (tertiary alicyclic amines) is 1. The van der Waals surface area contributed by atoms with E-state index in [0.29, 0.717) is 48.6 Å². The van der Waals surface area contributed by atoms with Crippen LogP contribution < -0.4 is 10.6 Å². The number of benzene rings is 1. The third kappa shape index (κ3) is 7.13. The number of amides is 3. The number of hydrogen-bond acceptors (Lipinski definition) is 7. The molecule has 1 saturated heterocycles. The van der Waals surface area contributed by atoms with Crippen molar-refractivity contribution in [1.29, 1.82) is 0 Å². The molecule has 0 spiro atoms. The van der Waals surface area contributed by atoms with Gasteiger partial charge in [-0.3, -0.25) is 19.6 Å². The molecule has 2 aliphatic heterocycles. The standard InChI is InChI=1S/C31H37FN6O4/c1-31(2,3)42-30(41)37-14-11-24(12-15-37)38(23-8-9-23)29(40)21-17-34-27(35-18-21)20-7-10-25(26(32)16-20)28(39)36-19-22-6-4-5-13-33-22/h4-7,10,13,16-17,23-24H,8-9,11-12,14-15,18-19H2,1-3H3,(H,34,35)(H,36,39). The van der Waals surface area contributed by atoms with Gasteiger partial charge in [-0.05, 0) is 70.7 Å². The Morgan fingerprint density at radius 1 is 1.10 bits per heavy atom. The maximum atomic E-state index is 14.9. The molecule has 0 atom stereocenters. The molecule has 0 bridgehead atoms. The number of pyridine rings is 1. The Hall–Kier alpha value is -4.28. The third-order valence-corrected chi connectivity index (χ3v) is 7.39. The molecule has 3 heterocycles. The summed E-state index contributed by atoms with van der Waals surface area (Å²) < 4.78 is 20.4. The Kier molecular flexibility index (Phi) is 8.56. The molecule has 1 saturated carbocycles. The maximum absolute atomic E-state index is 14.9. The van der Waals surface area contributed by atoms with Gasteiger partial charge in [0.15, 0.2) is 0 Å².